The molecule has 4 heteroatoms. The molecule has 0 unspecified atom stereocenters. The van der Waals surface area contributed by atoms with E-state index in [1.54, 1.807) is 0 Å². The molecule has 0 aliphatic heterocycles. The molecule has 0 heterocycles. The van der Waals surface area contributed by atoms with Gasteiger partial charge in [-0.2, -0.15) is 0 Å². The van der Waals surface area contributed by atoms with E-state index >= 15 is 0 Å². The number of aliphatic carboxylic acids is 1. The Morgan fingerprint density at radius 3 is 1.20 bits per heavy atom. The van der Waals surface area contributed by atoms with Crippen molar-refractivity contribution in [3.63, 3.8) is 0 Å². The molecule has 0 spiro atoms. The predicted octanol–water partition coefficient (Wildman–Crippen LogP) is 10.2. The summed E-state index contributed by atoms with van der Waals surface area (Å²) < 4.78 is 4.88. The summed E-state index contributed by atoms with van der Waals surface area (Å²) >= 11 is 0. The Balaban J connectivity index is 0. The molecular weight excluding hydrogens is 436 g/mol. The van der Waals surface area contributed by atoms with Crippen LogP contribution >= 0.6 is 0 Å². The topological polar surface area (TPSA) is 63.6 Å². The number of carboxylic acid groups (broad SMARTS) is 1. The third-order valence-corrected chi connectivity index (χ3v) is 6.40. The summed E-state index contributed by atoms with van der Waals surface area (Å²) in [5, 5.41) is 8.52. The molecule has 0 atom stereocenters. The van der Waals surface area contributed by atoms with Crippen LogP contribution in [0.25, 0.3) is 0 Å². The summed E-state index contributed by atoms with van der Waals surface area (Å²) in [5.74, 6) is -0.961. The fourth-order valence-electron chi connectivity index (χ4n) is 4.12. The van der Waals surface area contributed by atoms with E-state index in [1.807, 2.05) is 0 Å². The van der Waals surface area contributed by atoms with Gasteiger partial charge in [0.25, 0.3) is 0 Å². The van der Waals surface area contributed by atoms with Crippen LogP contribution in [-0.2, 0) is 14.3 Å². The van der Waals surface area contributed by atoms with E-state index in [1.165, 1.54) is 128 Å². The van der Waals surface area contributed by atoms with Crippen LogP contribution in [0.1, 0.15) is 168 Å². The lowest BCUT2D eigenvalue weighted by atomic mass is 10.0. The van der Waals surface area contributed by atoms with Gasteiger partial charge in [-0.25, -0.2) is 4.79 Å². The first-order valence-corrected chi connectivity index (χ1v) is 15.1. The number of carboxylic acids is 1. The first-order chi connectivity index (χ1) is 17.1. The summed E-state index contributed by atoms with van der Waals surface area (Å²) in [6, 6.07) is 0. The zero-order valence-electron chi connectivity index (χ0n) is 23.6. The lowest BCUT2D eigenvalue weighted by Crippen LogP contribution is -2.01. The summed E-state index contributed by atoms with van der Waals surface area (Å²) in [6.07, 6.45) is 31.5. The predicted molar refractivity (Wildman–Crippen MR) is 151 cm³/mol. The molecule has 0 rings (SSSR count). The van der Waals surface area contributed by atoms with Crippen molar-refractivity contribution in [2.24, 2.45) is 0 Å². The molecule has 4 nitrogen and oxygen atoms in total. The zero-order chi connectivity index (χ0) is 26.2. The maximum absolute atomic E-state index is 10.7. The summed E-state index contributed by atoms with van der Waals surface area (Å²) in [6.45, 7) is 8.38. The molecule has 0 aliphatic rings. The lowest BCUT2D eigenvalue weighted by molar-refractivity contribution is -0.138. The Kier molecular flexibility index (Phi) is 33.5. The molecular formula is C31H60O4. The lowest BCUT2D eigenvalue weighted by Gasteiger charge is -2.03. The number of esters is 1. The van der Waals surface area contributed by atoms with Gasteiger partial charge in [-0.1, -0.05) is 155 Å². The van der Waals surface area contributed by atoms with Crippen molar-refractivity contribution in [1.82, 2.24) is 0 Å². The Hall–Kier alpha value is -1.32. The third kappa shape index (κ3) is 37.4. The molecule has 0 aromatic heterocycles. The second-order valence-electron chi connectivity index (χ2n) is 9.94. The van der Waals surface area contributed by atoms with Gasteiger partial charge >= 0.3 is 11.9 Å². The smallest absolute Gasteiger partial charge is 0.330 e. The van der Waals surface area contributed by atoms with Crippen molar-refractivity contribution in [1.29, 1.82) is 0 Å². The van der Waals surface area contributed by atoms with E-state index < -0.39 is 5.97 Å². The van der Waals surface area contributed by atoms with E-state index in [9.17, 15) is 9.59 Å². The Morgan fingerprint density at radius 1 is 0.571 bits per heavy atom. The van der Waals surface area contributed by atoms with Crippen molar-refractivity contribution < 1.29 is 19.4 Å². The fraction of sp³-hybridized carbons (Fsp3) is 0.871. The molecule has 0 radical (unpaired) electrons. The molecule has 0 amide bonds. The highest BCUT2D eigenvalue weighted by Gasteiger charge is 1.97. The van der Waals surface area contributed by atoms with E-state index in [0.717, 1.165) is 25.7 Å². The average Bonchev–Trinajstić information content (AvgIpc) is 2.85. The first-order valence-electron chi connectivity index (χ1n) is 15.1. The number of unbranched alkanes of at least 4 members (excludes halogenated alkanes) is 21. The molecule has 0 saturated heterocycles. The van der Waals surface area contributed by atoms with Gasteiger partial charge in [-0.3, -0.25) is 4.79 Å². The number of rotatable bonds is 26. The quantitative estimate of drug-likeness (QED) is 0.0734. The number of carbonyl (C=O) groups is 2. The van der Waals surface area contributed by atoms with Crippen LogP contribution in [0.5, 0.6) is 0 Å². The molecule has 0 aromatic carbocycles. The highest BCUT2D eigenvalue weighted by Crippen LogP contribution is 2.13. The minimum atomic E-state index is -0.653. The molecule has 35 heavy (non-hydrogen) atoms. The van der Waals surface area contributed by atoms with Crippen molar-refractivity contribution in [3.05, 3.63) is 12.7 Å². The van der Waals surface area contributed by atoms with Gasteiger partial charge in [0, 0.05) is 12.5 Å². The SMILES string of the molecule is C=CC(=O)OCCCCCCCCCC.CCCCCCCCCCCCCCCCCC(=O)O. The average molecular weight is 497 g/mol. The molecule has 0 aliphatic carbocycles. The largest absolute Gasteiger partial charge is 0.481 e. The Morgan fingerprint density at radius 2 is 0.886 bits per heavy atom. The van der Waals surface area contributed by atoms with Crippen LogP contribution in [0.2, 0.25) is 0 Å². The second-order valence-corrected chi connectivity index (χ2v) is 9.94. The van der Waals surface area contributed by atoms with E-state index in [2.05, 4.69) is 20.4 Å². The summed E-state index contributed by atoms with van der Waals surface area (Å²) in [7, 11) is 0. The maximum atomic E-state index is 10.7. The van der Waals surface area contributed by atoms with Crippen LogP contribution in [0.4, 0.5) is 0 Å². The van der Waals surface area contributed by atoms with Crippen molar-refractivity contribution >= 4 is 11.9 Å². The van der Waals surface area contributed by atoms with E-state index in [4.69, 9.17) is 9.84 Å². The Bertz CT molecular complexity index is 447. The van der Waals surface area contributed by atoms with Crippen LogP contribution in [0.3, 0.4) is 0 Å². The minimum absolute atomic E-state index is 0.307. The van der Waals surface area contributed by atoms with Gasteiger partial charge in [-0.05, 0) is 12.8 Å². The molecule has 0 saturated carbocycles. The number of carbonyl (C=O) groups excluding carboxylic acids is 1. The minimum Gasteiger partial charge on any atom is -0.481 e. The van der Waals surface area contributed by atoms with Gasteiger partial charge in [0.1, 0.15) is 0 Å². The normalized spacial score (nSPS) is 10.5. The molecule has 208 valence electrons. The number of hydrogen-bond donors (Lipinski definition) is 1. The molecule has 1 N–H and O–H groups in total. The van der Waals surface area contributed by atoms with E-state index in [-0.39, 0.29) is 5.97 Å². The molecule has 0 fully saturated rings. The van der Waals surface area contributed by atoms with Crippen molar-refractivity contribution in [2.75, 3.05) is 6.61 Å². The van der Waals surface area contributed by atoms with Crippen molar-refractivity contribution in [2.45, 2.75) is 168 Å². The van der Waals surface area contributed by atoms with Gasteiger partial charge < -0.3 is 9.84 Å². The van der Waals surface area contributed by atoms with Crippen LogP contribution in [-0.4, -0.2) is 23.7 Å². The third-order valence-electron chi connectivity index (χ3n) is 6.40. The zero-order valence-corrected chi connectivity index (χ0v) is 23.6. The standard InChI is InChI=1S/C18H36O2.C13H24O2/c1-2-3-4-5-6-7-8-9-10-11-12-13-14-15-16-17-18(19)20;1-3-5-6-7-8-9-10-11-12-15-13(14)4-2/h2-17H2,1H3,(H,19,20);4H,2-3,5-12H2,1H3. The fourth-order valence-corrected chi connectivity index (χ4v) is 4.12. The van der Waals surface area contributed by atoms with Gasteiger partial charge in [-0.15, -0.1) is 0 Å². The summed E-state index contributed by atoms with van der Waals surface area (Å²) in [4.78, 5) is 21.0. The van der Waals surface area contributed by atoms with E-state index in [0.29, 0.717) is 13.0 Å². The van der Waals surface area contributed by atoms with Crippen LogP contribution < -0.4 is 0 Å². The van der Waals surface area contributed by atoms with Gasteiger partial charge in [0.05, 0.1) is 6.61 Å². The summed E-state index contributed by atoms with van der Waals surface area (Å²) in [5.41, 5.74) is 0. The Labute approximate surface area is 218 Å². The number of ether oxygens (including phenoxy) is 1. The number of hydrogen-bond acceptors (Lipinski definition) is 3. The second kappa shape index (κ2) is 32.7. The molecule has 0 aromatic rings. The van der Waals surface area contributed by atoms with Crippen LogP contribution in [0, 0.1) is 0 Å². The van der Waals surface area contributed by atoms with Gasteiger partial charge in [0.2, 0.25) is 0 Å². The first kappa shape index (κ1) is 35.8. The maximum Gasteiger partial charge on any atom is 0.330 e. The highest BCUT2D eigenvalue weighted by atomic mass is 16.5. The molecule has 0 bridgehead atoms. The van der Waals surface area contributed by atoms with Crippen molar-refractivity contribution in [3.8, 4) is 0 Å². The van der Waals surface area contributed by atoms with Gasteiger partial charge in [0.15, 0.2) is 0 Å². The van der Waals surface area contributed by atoms with Crippen LogP contribution in [0.15, 0.2) is 12.7 Å². The highest BCUT2D eigenvalue weighted by molar-refractivity contribution is 5.81. The monoisotopic (exact) mass is 496 g/mol.